The summed E-state index contributed by atoms with van der Waals surface area (Å²) < 4.78 is 40.2. The van der Waals surface area contributed by atoms with E-state index >= 15 is 0 Å². The maximum Gasteiger partial charge on any atom is 0.281 e. The van der Waals surface area contributed by atoms with Crippen molar-refractivity contribution >= 4 is 32.0 Å². The van der Waals surface area contributed by atoms with Crippen LogP contribution in [-0.2, 0) is 16.4 Å². The molecule has 0 saturated heterocycles. The Bertz CT molecular complexity index is 1020. The van der Waals surface area contributed by atoms with Gasteiger partial charge in [-0.15, -0.1) is 0 Å². The van der Waals surface area contributed by atoms with E-state index in [1.807, 2.05) is 6.92 Å². The molecule has 1 N–H and O–H groups in total. The van der Waals surface area contributed by atoms with Gasteiger partial charge in [-0.1, -0.05) is 18.3 Å². The molecule has 0 amide bonds. The number of ether oxygens (including phenoxy) is 2. The number of nitrogens with one attached hydrogen (secondary N) is 1. The molecule has 25 heavy (non-hydrogen) atoms. The van der Waals surface area contributed by atoms with E-state index in [4.69, 9.17) is 9.47 Å². The minimum Gasteiger partial charge on any atom is -0.497 e. The normalized spacial score (nSPS) is 11.7. The summed E-state index contributed by atoms with van der Waals surface area (Å²) in [5.41, 5.74) is 0.665. The molecular formula is C15H18N4O4S2. The molecule has 134 valence electrons. The first-order valence-corrected chi connectivity index (χ1v) is 9.79. The van der Waals surface area contributed by atoms with Crippen molar-refractivity contribution in [3.63, 3.8) is 0 Å². The molecule has 1 aromatic carbocycles. The van der Waals surface area contributed by atoms with Crippen LogP contribution in [0.1, 0.15) is 17.6 Å². The summed E-state index contributed by atoms with van der Waals surface area (Å²) in [5, 5.41) is 5.17. The van der Waals surface area contributed by atoms with E-state index in [1.165, 1.54) is 30.1 Å². The van der Waals surface area contributed by atoms with Crippen LogP contribution in [0.25, 0.3) is 4.96 Å². The quantitative estimate of drug-likeness (QED) is 0.704. The molecule has 0 spiro atoms. The third kappa shape index (κ3) is 3.14. The highest BCUT2D eigenvalue weighted by Gasteiger charge is 2.27. The number of fused-ring (bicyclic) bond motifs is 1. The Morgan fingerprint density at radius 3 is 2.68 bits per heavy atom. The topological polar surface area (TPSA) is 94.8 Å². The van der Waals surface area contributed by atoms with Gasteiger partial charge in [0.15, 0.2) is 0 Å². The number of rotatable bonds is 6. The van der Waals surface area contributed by atoms with Crippen molar-refractivity contribution in [1.82, 2.24) is 14.6 Å². The molecule has 0 radical (unpaired) electrons. The van der Waals surface area contributed by atoms with Crippen LogP contribution in [0.4, 0.5) is 5.69 Å². The highest BCUT2D eigenvalue weighted by atomic mass is 32.2. The summed E-state index contributed by atoms with van der Waals surface area (Å²) in [7, 11) is -0.946. The Morgan fingerprint density at radius 2 is 2.04 bits per heavy atom. The first kappa shape index (κ1) is 17.5. The number of nitrogens with zero attached hydrogens (tertiary/aromatic N) is 3. The molecule has 3 rings (SSSR count). The predicted molar refractivity (Wildman–Crippen MR) is 95.3 cm³/mol. The van der Waals surface area contributed by atoms with Crippen molar-refractivity contribution in [3.8, 4) is 11.5 Å². The molecule has 2 heterocycles. The SMILES string of the molecule is CCc1nn2c(S(=O)(=O)Nc3cc(OC)ccc3OC)c(C)nc2s1. The van der Waals surface area contributed by atoms with Gasteiger partial charge in [-0.05, 0) is 25.5 Å². The van der Waals surface area contributed by atoms with Gasteiger partial charge in [0, 0.05) is 6.07 Å². The minimum absolute atomic E-state index is 0.0170. The van der Waals surface area contributed by atoms with Crippen LogP contribution in [0.2, 0.25) is 0 Å². The molecular weight excluding hydrogens is 364 g/mol. The summed E-state index contributed by atoms with van der Waals surface area (Å²) in [6.07, 6.45) is 0.712. The van der Waals surface area contributed by atoms with Gasteiger partial charge >= 0.3 is 0 Å². The zero-order chi connectivity index (χ0) is 18.2. The second-order valence-corrected chi connectivity index (χ2v) is 7.86. The fraction of sp³-hybridized carbons (Fsp3) is 0.333. The Kier molecular flexibility index (Phi) is 4.56. The molecule has 10 heteroatoms. The second-order valence-electron chi connectivity index (χ2n) is 5.22. The number of aryl methyl sites for hydroxylation is 2. The van der Waals surface area contributed by atoms with Gasteiger partial charge in [0.25, 0.3) is 10.0 Å². The first-order valence-electron chi connectivity index (χ1n) is 7.49. The number of benzene rings is 1. The van der Waals surface area contributed by atoms with E-state index in [0.717, 1.165) is 5.01 Å². The molecule has 0 bridgehead atoms. The van der Waals surface area contributed by atoms with Crippen molar-refractivity contribution in [2.75, 3.05) is 18.9 Å². The van der Waals surface area contributed by atoms with Gasteiger partial charge in [-0.2, -0.15) is 18.0 Å². The third-order valence-electron chi connectivity index (χ3n) is 3.58. The van der Waals surface area contributed by atoms with Crippen molar-refractivity contribution in [1.29, 1.82) is 0 Å². The molecule has 0 saturated carbocycles. The van der Waals surface area contributed by atoms with Gasteiger partial charge in [0.2, 0.25) is 9.99 Å². The summed E-state index contributed by atoms with van der Waals surface area (Å²) in [6, 6.07) is 4.88. The van der Waals surface area contributed by atoms with Crippen LogP contribution >= 0.6 is 11.3 Å². The van der Waals surface area contributed by atoms with Gasteiger partial charge in [0.1, 0.15) is 16.5 Å². The molecule has 0 fully saturated rings. The fourth-order valence-electron chi connectivity index (χ4n) is 2.41. The minimum atomic E-state index is -3.92. The van der Waals surface area contributed by atoms with Crippen molar-refractivity contribution in [2.45, 2.75) is 25.3 Å². The second kappa shape index (κ2) is 6.52. The monoisotopic (exact) mass is 382 g/mol. The zero-order valence-corrected chi connectivity index (χ0v) is 15.9. The van der Waals surface area contributed by atoms with Crippen LogP contribution in [0.15, 0.2) is 23.2 Å². The average Bonchev–Trinajstić information content (AvgIpc) is 3.09. The van der Waals surface area contributed by atoms with E-state index < -0.39 is 10.0 Å². The highest BCUT2D eigenvalue weighted by Crippen LogP contribution is 2.32. The third-order valence-corrected chi connectivity index (χ3v) is 6.09. The van der Waals surface area contributed by atoms with E-state index in [9.17, 15) is 8.42 Å². The van der Waals surface area contributed by atoms with E-state index in [2.05, 4.69) is 14.8 Å². The molecule has 2 aromatic heterocycles. The van der Waals surface area contributed by atoms with Gasteiger partial charge in [-0.25, -0.2) is 4.98 Å². The standard InChI is InChI=1S/C15H18N4O4S2/c1-5-13-17-19-14(9(2)16-15(19)24-13)25(20,21)18-11-8-10(22-3)6-7-12(11)23-4/h6-8,18H,5H2,1-4H3. The Balaban J connectivity index is 2.09. The fourth-order valence-corrected chi connectivity index (χ4v) is 4.68. The summed E-state index contributed by atoms with van der Waals surface area (Å²) in [4.78, 5) is 4.86. The zero-order valence-electron chi connectivity index (χ0n) is 14.2. The Labute approximate surface area is 149 Å². The number of methoxy groups -OCH3 is 2. The summed E-state index contributed by atoms with van der Waals surface area (Å²) in [6.45, 7) is 3.60. The summed E-state index contributed by atoms with van der Waals surface area (Å²) in [5.74, 6) is 0.894. The Hall–Kier alpha value is -2.33. The lowest BCUT2D eigenvalue weighted by Gasteiger charge is -2.12. The lowest BCUT2D eigenvalue weighted by Crippen LogP contribution is -2.17. The van der Waals surface area contributed by atoms with Crippen LogP contribution in [0.5, 0.6) is 11.5 Å². The van der Waals surface area contributed by atoms with Crippen LogP contribution in [0.3, 0.4) is 0 Å². The number of hydrogen-bond acceptors (Lipinski definition) is 7. The van der Waals surface area contributed by atoms with Gasteiger partial charge in [0.05, 0.1) is 25.6 Å². The lowest BCUT2D eigenvalue weighted by molar-refractivity contribution is 0.405. The van der Waals surface area contributed by atoms with Crippen LogP contribution in [0, 0.1) is 6.92 Å². The van der Waals surface area contributed by atoms with Gasteiger partial charge < -0.3 is 9.47 Å². The first-order chi connectivity index (χ1) is 11.9. The number of imidazole rings is 1. The molecule has 0 unspecified atom stereocenters. The van der Waals surface area contributed by atoms with E-state index in [-0.39, 0.29) is 10.7 Å². The van der Waals surface area contributed by atoms with Crippen molar-refractivity contribution < 1.29 is 17.9 Å². The molecule has 3 aromatic rings. The highest BCUT2D eigenvalue weighted by molar-refractivity contribution is 7.92. The molecule has 0 aliphatic carbocycles. The maximum absolute atomic E-state index is 13.0. The predicted octanol–water partition coefficient (Wildman–Crippen LogP) is 2.48. The molecule has 0 aliphatic heterocycles. The molecule has 0 aliphatic rings. The van der Waals surface area contributed by atoms with E-state index in [1.54, 1.807) is 25.1 Å². The van der Waals surface area contributed by atoms with Crippen LogP contribution < -0.4 is 14.2 Å². The molecule has 8 nitrogen and oxygen atoms in total. The number of aromatic nitrogens is 3. The number of anilines is 1. The smallest absolute Gasteiger partial charge is 0.281 e. The largest absolute Gasteiger partial charge is 0.497 e. The number of hydrogen-bond donors (Lipinski definition) is 1. The van der Waals surface area contributed by atoms with Crippen LogP contribution in [-0.4, -0.2) is 37.2 Å². The Morgan fingerprint density at radius 1 is 1.28 bits per heavy atom. The van der Waals surface area contributed by atoms with E-state index in [0.29, 0.717) is 28.6 Å². The van der Waals surface area contributed by atoms with Gasteiger partial charge in [-0.3, -0.25) is 4.72 Å². The summed E-state index contributed by atoms with van der Waals surface area (Å²) >= 11 is 1.37. The lowest BCUT2D eigenvalue weighted by atomic mass is 10.3. The van der Waals surface area contributed by atoms with Crippen molar-refractivity contribution in [3.05, 3.63) is 28.9 Å². The maximum atomic E-state index is 13.0. The van der Waals surface area contributed by atoms with Crippen molar-refractivity contribution in [2.24, 2.45) is 0 Å². The average molecular weight is 382 g/mol. The number of sulfonamides is 1. The molecule has 0 atom stereocenters.